The molecule has 9 N–H and O–H groups in total. The third-order valence-electron chi connectivity index (χ3n) is 6.51. The number of hydrogen-bond donors (Lipinski definition) is 7. The number of rotatable bonds is 17. The third-order valence-corrected chi connectivity index (χ3v) is 7.15. The van der Waals surface area contributed by atoms with Gasteiger partial charge in [0, 0.05) is 23.5 Å². The Morgan fingerprint density at radius 2 is 1.67 bits per heavy atom. The highest BCUT2D eigenvalue weighted by Crippen LogP contribution is 2.19. The van der Waals surface area contributed by atoms with E-state index in [2.05, 4.69) is 20.9 Å². The Kier molecular flexibility index (Phi) is 13.3. The van der Waals surface area contributed by atoms with Crippen LogP contribution in [0.2, 0.25) is 0 Å². The van der Waals surface area contributed by atoms with Gasteiger partial charge in [0.15, 0.2) is 0 Å². The fraction of sp³-hybridized carbons (Fsp3) is 0.556. The zero-order valence-electron chi connectivity index (χ0n) is 22.9. The second kappa shape index (κ2) is 16.1. The molecule has 1 heterocycles. The van der Waals surface area contributed by atoms with E-state index >= 15 is 0 Å². The fourth-order valence-corrected chi connectivity index (χ4v) is 4.67. The zero-order chi connectivity index (χ0) is 28.9. The van der Waals surface area contributed by atoms with Gasteiger partial charge in [-0.2, -0.15) is 11.8 Å². The molecular weight excluding hydrogens is 520 g/mol. The first kappa shape index (κ1) is 32.1. The predicted octanol–water partition coefficient (Wildman–Crippen LogP) is 1.11. The lowest BCUT2D eigenvalue weighted by atomic mass is 10.0. The van der Waals surface area contributed by atoms with Crippen molar-refractivity contribution in [2.24, 2.45) is 17.4 Å². The van der Waals surface area contributed by atoms with Crippen molar-refractivity contribution >= 4 is 46.4 Å². The quantitative estimate of drug-likeness (QED) is 0.139. The summed E-state index contributed by atoms with van der Waals surface area (Å²) in [5.41, 5.74) is 13.1. The number of fused-ring (bicyclic) bond motifs is 1. The molecule has 0 radical (unpaired) electrons. The van der Waals surface area contributed by atoms with E-state index < -0.39 is 47.9 Å². The van der Waals surface area contributed by atoms with Gasteiger partial charge in [-0.3, -0.25) is 14.4 Å². The van der Waals surface area contributed by atoms with Gasteiger partial charge >= 0.3 is 5.97 Å². The number of carbonyl (C=O) groups excluding carboxylic acids is 3. The summed E-state index contributed by atoms with van der Waals surface area (Å²) in [6.45, 7) is 4.02. The Bertz CT molecular complexity index is 1110. The van der Waals surface area contributed by atoms with Crippen molar-refractivity contribution in [3.63, 3.8) is 0 Å². The van der Waals surface area contributed by atoms with Crippen LogP contribution in [0.3, 0.4) is 0 Å². The lowest BCUT2D eigenvalue weighted by Gasteiger charge is -2.27. The largest absolute Gasteiger partial charge is 0.480 e. The van der Waals surface area contributed by atoms with Crippen molar-refractivity contribution in [2.45, 2.75) is 70.1 Å². The molecule has 2 aromatic rings. The van der Waals surface area contributed by atoms with Crippen molar-refractivity contribution in [1.82, 2.24) is 20.9 Å². The molecule has 4 unspecified atom stereocenters. The number of nitrogens with two attached hydrogens (primary N) is 2. The fourth-order valence-electron chi connectivity index (χ4n) is 4.19. The summed E-state index contributed by atoms with van der Waals surface area (Å²) in [6.07, 6.45) is 5.93. The molecule has 0 fully saturated rings. The summed E-state index contributed by atoms with van der Waals surface area (Å²) in [5.74, 6) is -2.50. The van der Waals surface area contributed by atoms with Gasteiger partial charge in [-0.1, -0.05) is 38.5 Å². The van der Waals surface area contributed by atoms with Gasteiger partial charge < -0.3 is 37.5 Å². The van der Waals surface area contributed by atoms with Gasteiger partial charge in [-0.05, 0) is 55.4 Å². The Morgan fingerprint density at radius 3 is 2.31 bits per heavy atom. The molecule has 0 bridgehead atoms. The van der Waals surface area contributed by atoms with E-state index in [1.807, 2.05) is 30.5 Å². The van der Waals surface area contributed by atoms with E-state index in [9.17, 15) is 24.3 Å². The summed E-state index contributed by atoms with van der Waals surface area (Å²) >= 11 is 1.52. The Balaban J connectivity index is 2.10. The summed E-state index contributed by atoms with van der Waals surface area (Å²) in [6, 6.07) is 3.63. The number of benzene rings is 1. The van der Waals surface area contributed by atoms with Crippen LogP contribution in [0.1, 0.15) is 45.1 Å². The number of para-hydroxylation sites is 1. The number of aliphatic carboxylic acids is 1. The first-order valence-electron chi connectivity index (χ1n) is 13.2. The zero-order valence-corrected chi connectivity index (χ0v) is 23.7. The summed E-state index contributed by atoms with van der Waals surface area (Å²) in [7, 11) is 0. The van der Waals surface area contributed by atoms with Crippen molar-refractivity contribution < 1.29 is 24.3 Å². The van der Waals surface area contributed by atoms with Crippen molar-refractivity contribution in [1.29, 1.82) is 0 Å². The second-order valence-corrected chi connectivity index (χ2v) is 10.9. The number of aromatic amines is 1. The normalized spacial score (nSPS) is 14.4. The van der Waals surface area contributed by atoms with E-state index in [4.69, 9.17) is 11.5 Å². The first-order chi connectivity index (χ1) is 18.6. The number of aromatic nitrogens is 1. The molecule has 0 saturated carbocycles. The van der Waals surface area contributed by atoms with Crippen LogP contribution in [-0.4, -0.2) is 76.5 Å². The number of hydrogen-bond acceptors (Lipinski definition) is 7. The number of carboxylic acid groups (broad SMARTS) is 1. The lowest BCUT2D eigenvalue weighted by Crippen LogP contribution is -2.58. The van der Waals surface area contributed by atoms with Crippen LogP contribution in [0.5, 0.6) is 0 Å². The Labute approximate surface area is 233 Å². The van der Waals surface area contributed by atoms with E-state index in [1.165, 1.54) is 11.8 Å². The summed E-state index contributed by atoms with van der Waals surface area (Å²) in [4.78, 5) is 54.2. The smallest absolute Gasteiger partial charge is 0.326 e. The minimum atomic E-state index is -1.20. The number of H-pyrrole nitrogens is 1. The molecule has 2 rings (SSSR count). The van der Waals surface area contributed by atoms with E-state index in [0.717, 1.165) is 22.9 Å². The van der Waals surface area contributed by atoms with Crippen molar-refractivity contribution in [3.8, 4) is 0 Å². The van der Waals surface area contributed by atoms with Crippen LogP contribution in [0.25, 0.3) is 10.9 Å². The van der Waals surface area contributed by atoms with Crippen LogP contribution >= 0.6 is 11.8 Å². The van der Waals surface area contributed by atoms with Gasteiger partial charge in [0.2, 0.25) is 17.7 Å². The van der Waals surface area contributed by atoms with Gasteiger partial charge in [-0.15, -0.1) is 0 Å². The molecule has 1 aromatic heterocycles. The lowest BCUT2D eigenvalue weighted by molar-refractivity contribution is -0.142. The molecule has 0 aliphatic heterocycles. The summed E-state index contributed by atoms with van der Waals surface area (Å²) in [5, 5.41) is 18.7. The number of amides is 3. The van der Waals surface area contributed by atoms with Crippen LogP contribution in [0, 0.1) is 5.92 Å². The van der Waals surface area contributed by atoms with Gasteiger partial charge in [-0.25, -0.2) is 4.79 Å². The molecule has 3 amide bonds. The average molecular weight is 563 g/mol. The molecule has 0 aliphatic carbocycles. The van der Waals surface area contributed by atoms with Crippen LogP contribution < -0.4 is 27.4 Å². The molecular formula is C27H42N6O5S. The molecule has 0 spiro atoms. The van der Waals surface area contributed by atoms with Gasteiger partial charge in [0.25, 0.3) is 0 Å². The molecule has 11 nitrogen and oxygen atoms in total. The molecule has 1 aromatic carbocycles. The van der Waals surface area contributed by atoms with Crippen LogP contribution in [0.4, 0.5) is 0 Å². The standard InChI is InChI=1S/C27H42N6O5S/c1-16(2)23(33-25(35)21(11-13-39-3)31-24(34)19(29)9-6-7-12-28)26(36)32-22(27(37)38)14-17-15-30-20-10-5-4-8-18(17)20/h4-5,8,10,15-16,19,21-23,30H,6-7,9,11-14,28-29H2,1-3H3,(H,31,34)(H,32,36)(H,33,35)(H,37,38). The second-order valence-electron chi connectivity index (χ2n) is 9.93. The van der Waals surface area contributed by atoms with Crippen molar-refractivity contribution in [2.75, 3.05) is 18.6 Å². The highest BCUT2D eigenvalue weighted by Gasteiger charge is 2.32. The Hall–Kier alpha value is -3.09. The highest BCUT2D eigenvalue weighted by atomic mass is 32.2. The Morgan fingerprint density at radius 1 is 0.974 bits per heavy atom. The van der Waals surface area contributed by atoms with Crippen LogP contribution in [-0.2, 0) is 25.6 Å². The van der Waals surface area contributed by atoms with Gasteiger partial charge in [0.05, 0.1) is 6.04 Å². The summed E-state index contributed by atoms with van der Waals surface area (Å²) < 4.78 is 0. The van der Waals surface area contributed by atoms with E-state index in [-0.39, 0.29) is 12.3 Å². The maximum atomic E-state index is 13.2. The maximum Gasteiger partial charge on any atom is 0.326 e. The van der Waals surface area contributed by atoms with Gasteiger partial charge in [0.1, 0.15) is 18.1 Å². The van der Waals surface area contributed by atoms with E-state index in [0.29, 0.717) is 31.6 Å². The maximum absolute atomic E-state index is 13.2. The topological polar surface area (TPSA) is 192 Å². The number of unbranched alkanes of at least 4 members (excludes halogenated alkanes) is 1. The molecule has 0 saturated heterocycles. The van der Waals surface area contributed by atoms with Crippen molar-refractivity contribution in [3.05, 3.63) is 36.0 Å². The molecule has 0 aliphatic rings. The average Bonchev–Trinajstić information content (AvgIpc) is 3.31. The highest BCUT2D eigenvalue weighted by molar-refractivity contribution is 7.98. The SMILES string of the molecule is CSCCC(NC(=O)C(N)CCCCN)C(=O)NC(C(=O)NC(Cc1c[nH]c2ccccc12)C(=O)O)C(C)C. The minimum absolute atomic E-state index is 0.0678. The molecule has 216 valence electrons. The number of carboxylic acids is 1. The predicted molar refractivity (Wildman–Crippen MR) is 154 cm³/mol. The monoisotopic (exact) mass is 562 g/mol. The van der Waals surface area contributed by atoms with E-state index in [1.54, 1.807) is 20.0 Å². The number of carbonyl (C=O) groups is 4. The van der Waals surface area contributed by atoms with Crippen LogP contribution in [0.15, 0.2) is 30.5 Å². The molecule has 39 heavy (non-hydrogen) atoms. The minimum Gasteiger partial charge on any atom is -0.480 e. The third kappa shape index (κ3) is 9.86. The molecule has 12 heteroatoms. The molecule has 4 atom stereocenters. The first-order valence-corrected chi connectivity index (χ1v) is 14.6. The number of thioether (sulfide) groups is 1. The number of nitrogens with one attached hydrogen (secondary N) is 4.